The predicted octanol–water partition coefficient (Wildman–Crippen LogP) is 7.03. The fourth-order valence-electron chi connectivity index (χ4n) is 2.89. The molecule has 28 heavy (non-hydrogen) atoms. The molecule has 0 aliphatic carbocycles. The molecule has 0 heterocycles. The lowest BCUT2D eigenvalue weighted by atomic mass is 10.1. The minimum Gasteiger partial charge on any atom is -0.493 e. The van der Waals surface area contributed by atoms with Gasteiger partial charge in [-0.25, -0.2) is 0 Å². The third kappa shape index (κ3) is 5.09. The van der Waals surface area contributed by atoms with Crippen molar-refractivity contribution in [3.05, 3.63) is 85.8 Å². The maximum Gasteiger partial charge on any atom is 0.175 e. The van der Waals surface area contributed by atoms with Crippen LogP contribution >= 0.6 is 31.9 Å². The monoisotopic (exact) mass is 503 g/mol. The second-order valence-corrected chi connectivity index (χ2v) is 8.40. The summed E-state index contributed by atoms with van der Waals surface area (Å²) in [7, 11) is 1.66. The summed E-state index contributed by atoms with van der Waals surface area (Å²) in [6.45, 7) is 5.43. The van der Waals surface area contributed by atoms with Gasteiger partial charge in [0.2, 0.25) is 0 Å². The van der Waals surface area contributed by atoms with E-state index in [0.717, 1.165) is 25.8 Å². The molecule has 0 aromatic heterocycles. The van der Waals surface area contributed by atoms with Crippen molar-refractivity contribution in [2.75, 3.05) is 12.4 Å². The van der Waals surface area contributed by atoms with Gasteiger partial charge in [-0.3, -0.25) is 0 Å². The molecule has 0 saturated carbocycles. The molecule has 146 valence electrons. The molecule has 0 aliphatic rings. The van der Waals surface area contributed by atoms with Crippen molar-refractivity contribution >= 4 is 37.5 Å². The van der Waals surface area contributed by atoms with Gasteiger partial charge < -0.3 is 14.8 Å². The average molecular weight is 505 g/mol. The highest BCUT2D eigenvalue weighted by atomic mass is 79.9. The Labute approximate surface area is 183 Å². The van der Waals surface area contributed by atoms with Crippen LogP contribution in [0.15, 0.2) is 63.5 Å². The van der Waals surface area contributed by atoms with Crippen LogP contribution in [0.4, 0.5) is 5.69 Å². The van der Waals surface area contributed by atoms with Crippen LogP contribution in [-0.2, 0) is 13.2 Å². The third-order valence-corrected chi connectivity index (χ3v) is 5.79. The Balaban J connectivity index is 1.73. The first-order valence-electron chi connectivity index (χ1n) is 9.01. The Morgan fingerprint density at radius 1 is 0.929 bits per heavy atom. The summed E-state index contributed by atoms with van der Waals surface area (Å²) in [6.07, 6.45) is 0. The van der Waals surface area contributed by atoms with Crippen LogP contribution in [0, 0.1) is 13.8 Å². The van der Waals surface area contributed by atoms with Gasteiger partial charge in [0.25, 0.3) is 0 Å². The fourth-order valence-corrected chi connectivity index (χ4v) is 3.76. The molecule has 0 unspecified atom stereocenters. The first-order valence-corrected chi connectivity index (χ1v) is 10.6. The van der Waals surface area contributed by atoms with E-state index in [2.05, 4.69) is 75.3 Å². The van der Waals surface area contributed by atoms with Crippen molar-refractivity contribution in [2.24, 2.45) is 0 Å². The smallest absolute Gasteiger partial charge is 0.175 e. The molecule has 3 aromatic carbocycles. The number of methoxy groups -OCH3 is 1. The van der Waals surface area contributed by atoms with E-state index in [-0.39, 0.29) is 0 Å². The largest absolute Gasteiger partial charge is 0.493 e. The van der Waals surface area contributed by atoms with E-state index < -0.39 is 0 Å². The zero-order valence-corrected chi connectivity index (χ0v) is 19.4. The molecule has 0 bridgehead atoms. The molecule has 0 saturated heterocycles. The molecule has 3 nitrogen and oxygen atoms in total. The Morgan fingerprint density at radius 2 is 1.68 bits per heavy atom. The highest BCUT2D eigenvalue weighted by Crippen LogP contribution is 2.37. The number of halogens is 2. The first-order chi connectivity index (χ1) is 13.5. The van der Waals surface area contributed by atoms with Crippen LogP contribution in [0.5, 0.6) is 11.5 Å². The topological polar surface area (TPSA) is 30.5 Å². The maximum absolute atomic E-state index is 6.03. The zero-order valence-electron chi connectivity index (χ0n) is 16.2. The summed E-state index contributed by atoms with van der Waals surface area (Å²) in [6, 6.07) is 18.5. The normalized spacial score (nSPS) is 10.6. The molecular weight excluding hydrogens is 482 g/mol. The van der Waals surface area contributed by atoms with Gasteiger partial charge in [0.1, 0.15) is 6.61 Å². The summed E-state index contributed by atoms with van der Waals surface area (Å²) in [5, 5.41) is 3.51. The average Bonchev–Trinajstić information content (AvgIpc) is 2.69. The lowest BCUT2D eigenvalue weighted by Crippen LogP contribution is -2.04. The molecule has 0 fully saturated rings. The number of benzene rings is 3. The van der Waals surface area contributed by atoms with Gasteiger partial charge in [-0.05, 0) is 82.4 Å². The fraction of sp³-hybridized carbons (Fsp3) is 0.217. The van der Waals surface area contributed by atoms with Gasteiger partial charge in [0, 0.05) is 16.7 Å². The van der Waals surface area contributed by atoms with Crippen molar-refractivity contribution < 1.29 is 9.47 Å². The van der Waals surface area contributed by atoms with Gasteiger partial charge in [-0.15, -0.1) is 0 Å². The highest BCUT2D eigenvalue weighted by molar-refractivity contribution is 9.10. The Bertz CT molecular complexity index is 956. The summed E-state index contributed by atoms with van der Waals surface area (Å²) in [5.41, 5.74) is 5.90. The molecule has 3 rings (SSSR count). The van der Waals surface area contributed by atoms with Crippen LogP contribution in [0.2, 0.25) is 0 Å². The van der Waals surface area contributed by atoms with Crippen LogP contribution in [0.1, 0.15) is 22.3 Å². The number of rotatable bonds is 7. The van der Waals surface area contributed by atoms with Crippen molar-refractivity contribution in [2.45, 2.75) is 27.0 Å². The zero-order chi connectivity index (χ0) is 20.1. The standard InChI is InChI=1S/C23H23Br2NO2/c1-15-5-4-6-21(16(15)2)26-13-18-11-20(25)23(22(12-18)27-3)28-14-17-7-9-19(24)10-8-17/h4-12,26H,13-14H2,1-3H3. The maximum atomic E-state index is 6.03. The summed E-state index contributed by atoms with van der Waals surface area (Å²) in [4.78, 5) is 0. The predicted molar refractivity (Wildman–Crippen MR) is 122 cm³/mol. The number of ether oxygens (including phenoxy) is 2. The molecule has 5 heteroatoms. The lowest BCUT2D eigenvalue weighted by Gasteiger charge is -2.16. The first kappa shape index (κ1) is 20.7. The van der Waals surface area contributed by atoms with Crippen molar-refractivity contribution in [3.8, 4) is 11.5 Å². The minimum absolute atomic E-state index is 0.475. The van der Waals surface area contributed by atoms with E-state index in [9.17, 15) is 0 Å². The highest BCUT2D eigenvalue weighted by Gasteiger charge is 2.12. The Kier molecular flexibility index (Phi) is 7.03. The number of aryl methyl sites for hydroxylation is 1. The van der Waals surface area contributed by atoms with E-state index in [1.54, 1.807) is 7.11 Å². The second-order valence-electron chi connectivity index (χ2n) is 6.63. The van der Waals surface area contributed by atoms with E-state index in [1.165, 1.54) is 11.1 Å². The van der Waals surface area contributed by atoms with Crippen LogP contribution in [-0.4, -0.2) is 7.11 Å². The van der Waals surface area contributed by atoms with E-state index in [4.69, 9.17) is 9.47 Å². The number of hydrogen-bond donors (Lipinski definition) is 1. The minimum atomic E-state index is 0.475. The van der Waals surface area contributed by atoms with Gasteiger partial charge in [-0.2, -0.15) is 0 Å². The summed E-state index contributed by atoms with van der Waals surface area (Å²) < 4.78 is 13.5. The Morgan fingerprint density at radius 3 is 2.39 bits per heavy atom. The number of hydrogen-bond acceptors (Lipinski definition) is 3. The molecule has 0 aliphatic heterocycles. The summed E-state index contributed by atoms with van der Waals surface area (Å²) in [5.74, 6) is 1.42. The molecule has 0 radical (unpaired) electrons. The SMILES string of the molecule is COc1cc(CNc2cccc(C)c2C)cc(Br)c1OCc1ccc(Br)cc1. The van der Waals surface area contributed by atoms with Gasteiger partial charge in [-0.1, -0.05) is 40.2 Å². The van der Waals surface area contributed by atoms with Crippen molar-refractivity contribution in [1.82, 2.24) is 0 Å². The second kappa shape index (κ2) is 9.48. The van der Waals surface area contributed by atoms with E-state index in [1.807, 2.05) is 30.3 Å². The van der Waals surface area contributed by atoms with Crippen LogP contribution < -0.4 is 14.8 Å². The van der Waals surface area contributed by atoms with E-state index >= 15 is 0 Å². The van der Waals surface area contributed by atoms with Crippen molar-refractivity contribution in [1.29, 1.82) is 0 Å². The van der Waals surface area contributed by atoms with E-state index in [0.29, 0.717) is 24.7 Å². The molecule has 3 aromatic rings. The molecule has 0 amide bonds. The van der Waals surface area contributed by atoms with Crippen LogP contribution in [0.3, 0.4) is 0 Å². The van der Waals surface area contributed by atoms with Gasteiger partial charge in [0.15, 0.2) is 11.5 Å². The Hall–Kier alpha value is -1.98. The van der Waals surface area contributed by atoms with Gasteiger partial charge >= 0.3 is 0 Å². The number of nitrogens with one attached hydrogen (secondary N) is 1. The quantitative estimate of drug-likeness (QED) is 0.374. The molecule has 0 spiro atoms. The number of anilines is 1. The molecule has 0 atom stereocenters. The van der Waals surface area contributed by atoms with Gasteiger partial charge in [0.05, 0.1) is 11.6 Å². The molecular formula is C23H23Br2NO2. The van der Waals surface area contributed by atoms with Crippen molar-refractivity contribution in [3.63, 3.8) is 0 Å². The van der Waals surface area contributed by atoms with Crippen LogP contribution in [0.25, 0.3) is 0 Å². The molecule has 1 N–H and O–H groups in total. The summed E-state index contributed by atoms with van der Waals surface area (Å²) >= 11 is 7.09. The third-order valence-electron chi connectivity index (χ3n) is 4.67. The lowest BCUT2D eigenvalue weighted by molar-refractivity contribution is 0.282.